The number of cyclic esters (lactones) is 1. The molecule has 17 nitrogen and oxygen atoms in total. The number of ketones is 3. The number of methoxy groups -OCH3 is 3. The number of Topliss-reactive ketones (excluding diaryl/α,β-unsaturated/α-hetero) is 3. The number of amides is 1. The normalized spacial score (nSPS) is 37.4. The molecule has 0 radical (unpaired) electrons. The largest absolute Gasteiger partial charge is 0.460 e. The SMILES string of the molecule is COCCO[C@H]1C[C@@H]2CC[C@@H](C)[C@@](O)(O2)C(=O)C(=O)N2CCCC[C@H]2C(=O)O[C@H]([C@H](C)C[C@@H]2CC[C@@H](OCCN3CC4(COC4)C3)[C@H](OC)C2)CC(=O)[C@H](C)/C=C(\C)[C@@H](O)[C@@H](OC)C(=O)[C@H](C)C[C@H](C)/C=C/C=CC=C1C. The number of carbonyl (C=O) groups excluding carboxylic acids is 5. The molecule has 77 heavy (non-hydrogen) atoms. The third kappa shape index (κ3) is 16.6. The molecule has 2 N–H and O–H groups in total. The molecule has 0 unspecified atom stereocenters. The fraction of sp³-hybridized carbons (Fsp3) is 0.783. The maximum Gasteiger partial charge on any atom is 0.329 e. The summed E-state index contributed by atoms with van der Waals surface area (Å²) in [5, 5.41) is 23.7. The average Bonchev–Trinajstić information content (AvgIpc) is 3.40. The Bertz CT molecular complexity index is 2100. The molecule has 1 saturated carbocycles. The van der Waals surface area contributed by atoms with Crippen LogP contribution in [0.25, 0.3) is 0 Å². The van der Waals surface area contributed by atoms with Gasteiger partial charge in [0.15, 0.2) is 5.78 Å². The number of carbonyl (C=O) groups is 5. The first-order chi connectivity index (χ1) is 36.7. The van der Waals surface area contributed by atoms with Crippen LogP contribution in [0.4, 0.5) is 0 Å². The second-order valence-electron chi connectivity index (χ2n) is 23.8. The molecule has 5 aliphatic heterocycles. The zero-order valence-corrected chi connectivity index (χ0v) is 48.0. The number of rotatable bonds is 13. The van der Waals surface area contributed by atoms with E-state index in [1.54, 1.807) is 41.1 Å². The molecular formula is C60H94N2O15. The lowest BCUT2D eigenvalue weighted by Gasteiger charge is -2.55. The van der Waals surface area contributed by atoms with E-state index in [9.17, 15) is 34.2 Å². The lowest BCUT2D eigenvalue weighted by Crippen LogP contribution is -2.66. The average molecular weight is 1080 g/mol. The zero-order chi connectivity index (χ0) is 56.0. The van der Waals surface area contributed by atoms with Gasteiger partial charge in [0.2, 0.25) is 5.79 Å². The van der Waals surface area contributed by atoms with E-state index in [0.717, 1.165) is 57.7 Å². The molecule has 15 atom stereocenters. The maximum atomic E-state index is 14.7. The van der Waals surface area contributed by atoms with E-state index in [4.69, 9.17) is 37.9 Å². The summed E-state index contributed by atoms with van der Waals surface area (Å²) in [6.07, 6.45) is 12.4. The minimum Gasteiger partial charge on any atom is -0.460 e. The lowest BCUT2D eigenvalue weighted by atomic mass is 9.78. The molecule has 1 amide bonds. The molecule has 1 aliphatic carbocycles. The summed E-state index contributed by atoms with van der Waals surface area (Å²) in [7, 11) is 4.68. The highest BCUT2D eigenvalue weighted by atomic mass is 16.6. The standard InChI is InChI=1S/C60H94N2O15/c1-38-16-12-11-13-17-39(2)50(75-27-26-70-8)32-46-21-19-44(7)60(69,77-46)56(66)57(67)62-23-15-14-18-47(62)58(68)76-51(33-48(63)40(3)29-43(6)54(65)55(72-10)53(64)42(5)28-38)41(4)30-45-20-22-49(52(31-45)71-9)74-25-24-61-34-59(35-61)36-73-37-59/h11-13,16-17,29,38,40-42,44-47,49-52,54-55,65,69H,14-15,18-28,30-37H2,1-10H3/b13-11?,16-12+,39-17?,43-29+/t38-,40-,41-,42-,44-,45+,46+,47+,49-,50+,51+,52-,54-,55+,60-/m1/s1. The van der Waals surface area contributed by atoms with Gasteiger partial charge in [-0.3, -0.25) is 24.1 Å². The van der Waals surface area contributed by atoms with Crippen molar-refractivity contribution in [3.63, 3.8) is 0 Å². The van der Waals surface area contributed by atoms with Crippen LogP contribution in [0.1, 0.15) is 126 Å². The van der Waals surface area contributed by atoms with E-state index < -0.39 is 77.8 Å². The third-order valence-electron chi connectivity index (χ3n) is 17.4. The van der Waals surface area contributed by atoms with Gasteiger partial charge in [-0.15, -0.1) is 0 Å². The number of likely N-dealkylation sites (tertiary alicyclic amines) is 1. The smallest absolute Gasteiger partial charge is 0.329 e. The summed E-state index contributed by atoms with van der Waals surface area (Å²) in [6, 6.07) is -1.15. The van der Waals surface area contributed by atoms with Crippen molar-refractivity contribution in [1.82, 2.24) is 9.80 Å². The van der Waals surface area contributed by atoms with Crippen molar-refractivity contribution < 1.29 is 72.1 Å². The summed E-state index contributed by atoms with van der Waals surface area (Å²) in [5.41, 5.74) is 1.60. The molecule has 4 saturated heterocycles. The number of aliphatic hydroxyl groups excluding tert-OH is 1. The van der Waals surface area contributed by atoms with Gasteiger partial charge in [-0.1, -0.05) is 71.1 Å². The Labute approximate surface area is 458 Å². The molecule has 434 valence electrons. The van der Waals surface area contributed by atoms with Gasteiger partial charge in [-0.05, 0) is 107 Å². The number of ether oxygens (including phenoxy) is 8. The first-order valence-corrected chi connectivity index (χ1v) is 28.7. The van der Waals surface area contributed by atoms with E-state index in [0.29, 0.717) is 62.7 Å². The van der Waals surface area contributed by atoms with Crippen LogP contribution in [0, 0.1) is 40.9 Å². The van der Waals surface area contributed by atoms with Crippen molar-refractivity contribution in [2.45, 2.75) is 180 Å². The number of aliphatic hydroxyl groups is 2. The molecule has 1 spiro atoms. The van der Waals surface area contributed by atoms with Crippen LogP contribution in [0.5, 0.6) is 0 Å². The number of hydrogen-bond acceptors (Lipinski definition) is 16. The summed E-state index contributed by atoms with van der Waals surface area (Å²) in [5.74, 6) is -7.92. The highest BCUT2D eigenvalue weighted by molar-refractivity contribution is 6.39. The van der Waals surface area contributed by atoms with Gasteiger partial charge >= 0.3 is 5.97 Å². The van der Waals surface area contributed by atoms with Gasteiger partial charge < -0.3 is 53.0 Å². The minimum absolute atomic E-state index is 0.00447. The van der Waals surface area contributed by atoms with Crippen LogP contribution in [0.2, 0.25) is 0 Å². The monoisotopic (exact) mass is 1080 g/mol. The number of piperidine rings is 1. The summed E-state index contributed by atoms with van der Waals surface area (Å²) in [4.78, 5) is 75.5. The quantitative estimate of drug-likeness (QED) is 0.0868. The second kappa shape index (κ2) is 29.3. The Balaban J connectivity index is 1.24. The molecule has 17 heteroatoms. The molecule has 0 aromatic carbocycles. The van der Waals surface area contributed by atoms with Gasteiger partial charge in [-0.25, -0.2) is 4.79 Å². The number of fused-ring (bicyclic) bond motifs is 3. The van der Waals surface area contributed by atoms with Crippen molar-refractivity contribution in [1.29, 1.82) is 0 Å². The van der Waals surface area contributed by atoms with Gasteiger partial charge in [0, 0.05) is 83.5 Å². The van der Waals surface area contributed by atoms with Crippen molar-refractivity contribution in [3.05, 3.63) is 47.6 Å². The second-order valence-corrected chi connectivity index (χ2v) is 23.8. The predicted molar refractivity (Wildman–Crippen MR) is 289 cm³/mol. The number of esters is 1. The Kier molecular flexibility index (Phi) is 23.9. The maximum absolute atomic E-state index is 14.7. The molecule has 0 aromatic rings. The topological polar surface area (TPSA) is 206 Å². The highest BCUT2D eigenvalue weighted by Gasteiger charge is 2.53. The molecule has 5 heterocycles. The molecular weight excluding hydrogens is 989 g/mol. The number of hydrogen-bond donors (Lipinski definition) is 2. The fourth-order valence-corrected chi connectivity index (χ4v) is 12.4. The fourth-order valence-electron chi connectivity index (χ4n) is 12.4. The van der Waals surface area contributed by atoms with Crippen molar-refractivity contribution >= 4 is 29.2 Å². The number of allylic oxidation sites excluding steroid dienone is 6. The van der Waals surface area contributed by atoms with Crippen molar-refractivity contribution in [2.24, 2.45) is 40.9 Å². The van der Waals surface area contributed by atoms with Gasteiger partial charge in [0.25, 0.3) is 11.7 Å². The molecule has 2 bridgehead atoms. The molecule has 0 aromatic heterocycles. The van der Waals surface area contributed by atoms with Crippen LogP contribution < -0.4 is 0 Å². The van der Waals surface area contributed by atoms with Crippen LogP contribution in [-0.2, 0) is 61.9 Å². The van der Waals surface area contributed by atoms with E-state index in [1.807, 2.05) is 58.1 Å². The van der Waals surface area contributed by atoms with Crippen LogP contribution in [0.15, 0.2) is 47.6 Å². The van der Waals surface area contributed by atoms with Gasteiger partial charge in [0.05, 0.1) is 57.5 Å². The first kappa shape index (κ1) is 62.7. The van der Waals surface area contributed by atoms with Crippen molar-refractivity contribution in [2.75, 3.05) is 80.5 Å². The van der Waals surface area contributed by atoms with Crippen molar-refractivity contribution in [3.8, 4) is 0 Å². The van der Waals surface area contributed by atoms with Crippen LogP contribution in [0.3, 0.4) is 0 Å². The highest BCUT2D eigenvalue weighted by Crippen LogP contribution is 2.40. The Morgan fingerprint density at radius 3 is 2.26 bits per heavy atom. The zero-order valence-electron chi connectivity index (χ0n) is 48.0. The lowest BCUT2D eigenvalue weighted by molar-refractivity contribution is -0.266. The molecule has 5 fully saturated rings. The number of nitrogens with zero attached hydrogens (tertiary/aromatic N) is 2. The summed E-state index contributed by atoms with van der Waals surface area (Å²) in [6.45, 7) is 18.8. The molecule has 6 aliphatic rings. The van der Waals surface area contributed by atoms with E-state index in [1.165, 1.54) is 12.0 Å². The minimum atomic E-state index is -2.46. The van der Waals surface area contributed by atoms with E-state index in [-0.39, 0.29) is 73.9 Å². The first-order valence-electron chi connectivity index (χ1n) is 28.7. The van der Waals surface area contributed by atoms with Gasteiger partial charge in [-0.2, -0.15) is 0 Å². The summed E-state index contributed by atoms with van der Waals surface area (Å²) >= 11 is 0. The Morgan fingerprint density at radius 2 is 1.57 bits per heavy atom. The Morgan fingerprint density at radius 1 is 0.818 bits per heavy atom. The van der Waals surface area contributed by atoms with E-state index >= 15 is 0 Å². The molecule has 6 rings (SSSR count). The Hall–Kier alpha value is -3.49. The van der Waals surface area contributed by atoms with Crippen LogP contribution >= 0.6 is 0 Å². The van der Waals surface area contributed by atoms with Crippen LogP contribution in [-0.4, -0.2) is 184 Å². The summed E-state index contributed by atoms with van der Waals surface area (Å²) < 4.78 is 47.7. The van der Waals surface area contributed by atoms with Gasteiger partial charge in [0.1, 0.15) is 30.1 Å². The third-order valence-corrected chi connectivity index (χ3v) is 17.4. The predicted octanol–water partition coefficient (Wildman–Crippen LogP) is 6.55. The van der Waals surface area contributed by atoms with E-state index in [2.05, 4.69) is 4.90 Å².